The van der Waals surface area contributed by atoms with Gasteiger partial charge in [0.15, 0.2) is 5.11 Å². The fourth-order valence-corrected chi connectivity index (χ4v) is 2.18. The molecular formula is C17H16F3N3OS. The molecule has 0 aliphatic carbocycles. The van der Waals surface area contributed by atoms with Crippen molar-refractivity contribution in [3.05, 3.63) is 59.7 Å². The van der Waals surface area contributed by atoms with Crippen LogP contribution in [0.25, 0.3) is 0 Å². The molecule has 0 fully saturated rings. The first-order chi connectivity index (χ1) is 11.8. The number of rotatable bonds is 4. The molecule has 0 aromatic heterocycles. The number of methoxy groups -OCH3 is 1. The minimum absolute atomic E-state index is 0.0374. The van der Waals surface area contributed by atoms with E-state index in [9.17, 15) is 13.2 Å². The van der Waals surface area contributed by atoms with E-state index >= 15 is 0 Å². The lowest BCUT2D eigenvalue weighted by molar-refractivity contribution is -0.136. The van der Waals surface area contributed by atoms with Gasteiger partial charge in [0, 0.05) is 0 Å². The predicted octanol–water partition coefficient (Wildman–Crippen LogP) is 4.42. The summed E-state index contributed by atoms with van der Waals surface area (Å²) >= 11 is 5.01. The summed E-state index contributed by atoms with van der Waals surface area (Å²) in [5.41, 5.74) is 3.06. The number of nitrogens with one attached hydrogen (secondary N) is 2. The first kappa shape index (κ1) is 18.7. The summed E-state index contributed by atoms with van der Waals surface area (Å²) in [6, 6.07) is 12.3. The van der Waals surface area contributed by atoms with E-state index in [1.807, 2.05) is 12.1 Å². The van der Waals surface area contributed by atoms with E-state index in [0.717, 1.165) is 11.6 Å². The van der Waals surface area contributed by atoms with Gasteiger partial charge in [-0.15, -0.1) is 0 Å². The summed E-state index contributed by atoms with van der Waals surface area (Å²) in [6.07, 6.45) is -4.47. The minimum atomic E-state index is -4.47. The van der Waals surface area contributed by atoms with Crippen molar-refractivity contribution in [2.45, 2.75) is 13.1 Å². The average molecular weight is 367 g/mol. The van der Waals surface area contributed by atoms with Crippen molar-refractivity contribution < 1.29 is 17.9 Å². The Morgan fingerprint density at radius 2 is 1.72 bits per heavy atom. The number of benzene rings is 2. The first-order valence-corrected chi connectivity index (χ1v) is 7.64. The molecular weight excluding hydrogens is 351 g/mol. The highest BCUT2D eigenvalue weighted by atomic mass is 32.1. The quantitative estimate of drug-likeness (QED) is 0.477. The molecule has 25 heavy (non-hydrogen) atoms. The number of thiocarbonyl (C=S) groups is 1. The summed E-state index contributed by atoms with van der Waals surface area (Å²) in [4.78, 5) is 0. The van der Waals surface area contributed by atoms with Gasteiger partial charge in [0.1, 0.15) is 5.75 Å². The lowest BCUT2D eigenvalue weighted by Crippen LogP contribution is -2.26. The molecule has 132 valence electrons. The number of nitrogens with zero attached hydrogens (tertiary/aromatic N) is 1. The van der Waals surface area contributed by atoms with Crippen LogP contribution in [0, 0.1) is 0 Å². The number of anilines is 1. The molecule has 8 heteroatoms. The van der Waals surface area contributed by atoms with E-state index in [1.165, 1.54) is 18.2 Å². The highest BCUT2D eigenvalue weighted by molar-refractivity contribution is 7.80. The van der Waals surface area contributed by atoms with Gasteiger partial charge in [-0.2, -0.15) is 18.3 Å². The van der Waals surface area contributed by atoms with Crippen molar-refractivity contribution >= 4 is 28.7 Å². The lowest BCUT2D eigenvalue weighted by atomic mass is 10.1. The van der Waals surface area contributed by atoms with Crippen molar-refractivity contribution in [1.82, 2.24) is 5.43 Å². The number of hydrogen-bond donors (Lipinski definition) is 2. The zero-order valence-electron chi connectivity index (χ0n) is 13.5. The Balaban J connectivity index is 2.05. The van der Waals surface area contributed by atoms with E-state index in [-0.39, 0.29) is 10.8 Å². The van der Waals surface area contributed by atoms with Crippen LogP contribution >= 0.6 is 12.2 Å². The van der Waals surface area contributed by atoms with Gasteiger partial charge < -0.3 is 10.1 Å². The van der Waals surface area contributed by atoms with Crippen molar-refractivity contribution in [1.29, 1.82) is 0 Å². The van der Waals surface area contributed by atoms with Gasteiger partial charge in [0.05, 0.1) is 24.1 Å². The van der Waals surface area contributed by atoms with Crippen LogP contribution in [-0.2, 0) is 6.18 Å². The number of alkyl halides is 3. The normalized spacial score (nSPS) is 11.8. The predicted molar refractivity (Wildman–Crippen MR) is 96.0 cm³/mol. The van der Waals surface area contributed by atoms with E-state index in [4.69, 9.17) is 17.0 Å². The highest BCUT2D eigenvalue weighted by Crippen LogP contribution is 2.34. The summed E-state index contributed by atoms with van der Waals surface area (Å²) < 4.78 is 43.9. The summed E-state index contributed by atoms with van der Waals surface area (Å²) in [5.74, 6) is 0.713. The molecule has 0 atom stereocenters. The highest BCUT2D eigenvalue weighted by Gasteiger charge is 2.33. The van der Waals surface area contributed by atoms with Crippen LogP contribution < -0.4 is 15.5 Å². The zero-order chi connectivity index (χ0) is 18.4. The summed E-state index contributed by atoms with van der Waals surface area (Å²) in [5, 5.41) is 6.56. The second kappa shape index (κ2) is 7.98. The third-order valence-corrected chi connectivity index (χ3v) is 3.51. The molecule has 0 aliphatic rings. The van der Waals surface area contributed by atoms with Crippen LogP contribution in [0.15, 0.2) is 53.6 Å². The maximum Gasteiger partial charge on any atom is 0.418 e. The Hall–Kier alpha value is -2.61. The monoisotopic (exact) mass is 367 g/mol. The van der Waals surface area contributed by atoms with E-state index in [0.29, 0.717) is 11.5 Å². The molecule has 2 aromatic carbocycles. The Morgan fingerprint density at radius 3 is 2.32 bits per heavy atom. The third kappa shape index (κ3) is 5.18. The second-order valence-electron chi connectivity index (χ2n) is 5.03. The van der Waals surface area contributed by atoms with Gasteiger partial charge in [-0.05, 0) is 61.1 Å². The Bertz CT molecular complexity index is 773. The standard InChI is InChI=1S/C17H16F3N3OS/c1-11(12-7-9-13(24-2)10-8-12)22-23-16(25)21-15-6-4-3-5-14(15)17(18,19)20/h3-10H,1-2H3,(H2,21,23,25)/b22-11+. The fraction of sp³-hybridized carbons (Fsp3) is 0.176. The third-order valence-electron chi connectivity index (χ3n) is 3.31. The number of hydrogen-bond acceptors (Lipinski definition) is 3. The van der Waals surface area contributed by atoms with Crippen LogP contribution in [0.1, 0.15) is 18.1 Å². The molecule has 0 amide bonds. The average Bonchev–Trinajstić information content (AvgIpc) is 2.59. The van der Waals surface area contributed by atoms with Crippen molar-refractivity contribution in [3.63, 3.8) is 0 Å². The molecule has 2 rings (SSSR count). The van der Waals surface area contributed by atoms with Gasteiger partial charge in [0.25, 0.3) is 0 Å². The Labute approximate surface area is 148 Å². The van der Waals surface area contributed by atoms with E-state index in [1.54, 1.807) is 26.2 Å². The SMILES string of the molecule is COc1ccc(/C(C)=N/NC(=S)Nc2ccccc2C(F)(F)F)cc1. The van der Waals surface area contributed by atoms with Crippen LogP contribution in [0.3, 0.4) is 0 Å². The second-order valence-corrected chi connectivity index (χ2v) is 5.44. The lowest BCUT2D eigenvalue weighted by Gasteiger charge is -2.14. The Kier molecular flexibility index (Phi) is 5.97. The molecule has 0 bridgehead atoms. The molecule has 2 aromatic rings. The van der Waals surface area contributed by atoms with Gasteiger partial charge in [0.2, 0.25) is 0 Å². The van der Waals surface area contributed by atoms with Crippen LogP contribution in [0.4, 0.5) is 18.9 Å². The first-order valence-electron chi connectivity index (χ1n) is 7.23. The number of halogens is 3. The van der Waals surface area contributed by atoms with Crippen molar-refractivity contribution in [2.75, 3.05) is 12.4 Å². The largest absolute Gasteiger partial charge is 0.497 e. The Morgan fingerprint density at radius 1 is 1.08 bits per heavy atom. The van der Waals surface area contributed by atoms with Gasteiger partial charge in [-0.3, -0.25) is 5.43 Å². The molecule has 2 N–H and O–H groups in total. The molecule has 0 heterocycles. The molecule has 0 saturated heterocycles. The molecule has 0 saturated carbocycles. The van der Waals surface area contributed by atoms with E-state index in [2.05, 4.69) is 15.8 Å². The summed E-state index contributed by atoms with van der Waals surface area (Å²) in [7, 11) is 1.57. The van der Waals surface area contributed by atoms with Gasteiger partial charge >= 0.3 is 6.18 Å². The zero-order valence-corrected chi connectivity index (χ0v) is 14.3. The van der Waals surface area contributed by atoms with Gasteiger partial charge in [-0.1, -0.05) is 12.1 Å². The molecule has 0 spiro atoms. The summed E-state index contributed by atoms with van der Waals surface area (Å²) in [6.45, 7) is 1.75. The number of ether oxygens (including phenoxy) is 1. The molecule has 0 aliphatic heterocycles. The minimum Gasteiger partial charge on any atom is -0.497 e. The topological polar surface area (TPSA) is 45.6 Å². The smallest absolute Gasteiger partial charge is 0.418 e. The molecule has 0 radical (unpaired) electrons. The molecule has 0 unspecified atom stereocenters. The van der Waals surface area contributed by atoms with Crippen molar-refractivity contribution in [2.24, 2.45) is 5.10 Å². The fourth-order valence-electron chi connectivity index (χ4n) is 2.02. The van der Waals surface area contributed by atoms with Crippen LogP contribution in [0.5, 0.6) is 5.75 Å². The maximum atomic E-state index is 13.0. The van der Waals surface area contributed by atoms with Gasteiger partial charge in [-0.25, -0.2) is 0 Å². The van der Waals surface area contributed by atoms with Crippen LogP contribution in [0.2, 0.25) is 0 Å². The van der Waals surface area contributed by atoms with Crippen LogP contribution in [-0.4, -0.2) is 17.9 Å². The van der Waals surface area contributed by atoms with E-state index < -0.39 is 11.7 Å². The maximum absolute atomic E-state index is 13.0. The van der Waals surface area contributed by atoms with Crippen molar-refractivity contribution in [3.8, 4) is 5.75 Å². The number of hydrazone groups is 1. The molecule has 4 nitrogen and oxygen atoms in total. The number of para-hydroxylation sites is 1.